The van der Waals surface area contributed by atoms with E-state index in [2.05, 4.69) is 17.2 Å². The first-order valence-electron chi connectivity index (χ1n) is 9.58. The van der Waals surface area contributed by atoms with Gasteiger partial charge in [-0.25, -0.2) is 4.98 Å². The van der Waals surface area contributed by atoms with Crippen LogP contribution in [0.2, 0.25) is 0 Å². The van der Waals surface area contributed by atoms with Gasteiger partial charge in [-0.3, -0.25) is 9.20 Å². The average molecular weight is 365 g/mol. The van der Waals surface area contributed by atoms with Gasteiger partial charge in [0.25, 0.3) is 5.91 Å². The third-order valence-corrected chi connectivity index (χ3v) is 4.61. The Hall–Kier alpha value is -2.82. The number of benzene rings is 1. The molecule has 0 bridgehead atoms. The summed E-state index contributed by atoms with van der Waals surface area (Å²) in [4.78, 5) is 17.3. The summed E-state index contributed by atoms with van der Waals surface area (Å²) >= 11 is 0. The van der Waals surface area contributed by atoms with Crippen molar-refractivity contribution in [3.8, 4) is 5.75 Å². The molecule has 2 aromatic heterocycles. The number of aromatic nitrogens is 2. The molecule has 0 radical (unpaired) electrons. The highest BCUT2D eigenvalue weighted by Crippen LogP contribution is 2.19. The molecule has 0 aliphatic rings. The SMILES string of the molecule is CCCCCCOc1ccc(NC(=O)c2c(C)nc3c(C)cccn23)cc1. The Balaban J connectivity index is 1.65. The largest absolute Gasteiger partial charge is 0.494 e. The van der Waals surface area contributed by atoms with E-state index >= 15 is 0 Å². The molecule has 142 valence electrons. The molecule has 0 atom stereocenters. The van der Waals surface area contributed by atoms with Crippen molar-refractivity contribution in [2.75, 3.05) is 11.9 Å². The predicted octanol–water partition coefficient (Wildman–Crippen LogP) is 5.16. The van der Waals surface area contributed by atoms with Gasteiger partial charge in [0.05, 0.1) is 12.3 Å². The molecular formula is C22H27N3O2. The number of carbonyl (C=O) groups is 1. The smallest absolute Gasteiger partial charge is 0.274 e. The van der Waals surface area contributed by atoms with E-state index in [0.29, 0.717) is 11.4 Å². The number of carbonyl (C=O) groups excluding carboxylic acids is 1. The van der Waals surface area contributed by atoms with Crippen LogP contribution in [-0.2, 0) is 0 Å². The quantitative estimate of drug-likeness (QED) is 0.561. The minimum atomic E-state index is -0.168. The second-order valence-electron chi connectivity index (χ2n) is 6.82. The van der Waals surface area contributed by atoms with E-state index < -0.39 is 0 Å². The van der Waals surface area contributed by atoms with Crippen molar-refractivity contribution in [1.82, 2.24) is 9.38 Å². The van der Waals surface area contributed by atoms with Crippen LogP contribution in [0.5, 0.6) is 5.75 Å². The topological polar surface area (TPSA) is 55.6 Å². The van der Waals surface area contributed by atoms with Gasteiger partial charge in [-0.1, -0.05) is 32.3 Å². The Labute approximate surface area is 160 Å². The van der Waals surface area contributed by atoms with E-state index in [0.717, 1.165) is 35.7 Å². The van der Waals surface area contributed by atoms with Gasteiger partial charge >= 0.3 is 0 Å². The number of fused-ring (bicyclic) bond motifs is 1. The first-order chi connectivity index (χ1) is 13.1. The zero-order valence-corrected chi connectivity index (χ0v) is 16.3. The van der Waals surface area contributed by atoms with Gasteiger partial charge in [-0.05, 0) is 56.2 Å². The molecule has 1 aromatic carbocycles. The van der Waals surface area contributed by atoms with Crippen molar-refractivity contribution in [2.24, 2.45) is 0 Å². The van der Waals surface area contributed by atoms with Gasteiger partial charge < -0.3 is 10.1 Å². The van der Waals surface area contributed by atoms with Crippen LogP contribution in [0.3, 0.4) is 0 Å². The molecule has 5 nitrogen and oxygen atoms in total. The molecule has 0 fully saturated rings. The monoisotopic (exact) mass is 365 g/mol. The van der Waals surface area contributed by atoms with Crippen molar-refractivity contribution in [2.45, 2.75) is 46.5 Å². The summed E-state index contributed by atoms with van der Waals surface area (Å²) in [7, 11) is 0. The number of rotatable bonds is 8. The average Bonchev–Trinajstić information content (AvgIpc) is 3.00. The fourth-order valence-corrected chi connectivity index (χ4v) is 3.13. The molecule has 3 aromatic rings. The Kier molecular flexibility index (Phi) is 6.12. The lowest BCUT2D eigenvalue weighted by molar-refractivity contribution is 0.102. The van der Waals surface area contributed by atoms with E-state index in [1.807, 2.05) is 60.8 Å². The molecule has 0 aliphatic carbocycles. The standard InChI is InChI=1S/C22H27N3O2/c1-4-5-6-7-15-27-19-12-10-18(11-13-19)24-22(26)20-17(3)23-21-16(2)9-8-14-25(20)21/h8-14H,4-7,15H2,1-3H3,(H,24,26). The second kappa shape index (κ2) is 8.71. The Morgan fingerprint density at radius 2 is 1.89 bits per heavy atom. The number of amides is 1. The Morgan fingerprint density at radius 3 is 2.63 bits per heavy atom. The van der Waals surface area contributed by atoms with Gasteiger partial charge in [-0.15, -0.1) is 0 Å². The number of imidazole rings is 1. The minimum Gasteiger partial charge on any atom is -0.494 e. The number of pyridine rings is 1. The summed E-state index contributed by atoms with van der Waals surface area (Å²) in [5.41, 5.74) is 3.87. The number of hydrogen-bond acceptors (Lipinski definition) is 3. The number of unbranched alkanes of at least 4 members (excludes halogenated alkanes) is 3. The van der Waals surface area contributed by atoms with Crippen molar-refractivity contribution in [1.29, 1.82) is 0 Å². The first kappa shape index (κ1) is 19.0. The molecule has 1 N–H and O–H groups in total. The summed E-state index contributed by atoms with van der Waals surface area (Å²) in [6.07, 6.45) is 6.60. The van der Waals surface area contributed by atoms with Crippen LogP contribution in [0.15, 0.2) is 42.6 Å². The molecule has 0 spiro atoms. The summed E-state index contributed by atoms with van der Waals surface area (Å²) in [5, 5.41) is 2.95. The molecule has 3 rings (SSSR count). The number of hydrogen-bond donors (Lipinski definition) is 1. The van der Waals surface area contributed by atoms with E-state index in [1.165, 1.54) is 19.3 Å². The molecule has 1 amide bonds. The third-order valence-electron chi connectivity index (χ3n) is 4.61. The number of ether oxygens (including phenoxy) is 1. The lowest BCUT2D eigenvalue weighted by Crippen LogP contribution is -2.15. The van der Waals surface area contributed by atoms with Crippen molar-refractivity contribution in [3.05, 3.63) is 59.5 Å². The minimum absolute atomic E-state index is 0.168. The van der Waals surface area contributed by atoms with Gasteiger partial charge in [0.15, 0.2) is 0 Å². The van der Waals surface area contributed by atoms with Gasteiger partial charge in [0, 0.05) is 11.9 Å². The fraction of sp³-hybridized carbons (Fsp3) is 0.364. The van der Waals surface area contributed by atoms with Crippen LogP contribution in [0.1, 0.15) is 54.4 Å². The highest BCUT2D eigenvalue weighted by Gasteiger charge is 2.17. The van der Waals surface area contributed by atoms with E-state index in [4.69, 9.17) is 4.74 Å². The highest BCUT2D eigenvalue weighted by molar-refractivity contribution is 6.04. The van der Waals surface area contributed by atoms with Crippen LogP contribution in [-0.4, -0.2) is 21.9 Å². The van der Waals surface area contributed by atoms with E-state index in [9.17, 15) is 4.79 Å². The summed E-state index contributed by atoms with van der Waals surface area (Å²) in [6.45, 7) is 6.77. The van der Waals surface area contributed by atoms with Crippen LogP contribution < -0.4 is 10.1 Å². The maximum absolute atomic E-state index is 12.8. The molecular weight excluding hydrogens is 338 g/mol. The van der Waals surface area contributed by atoms with Crippen LogP contribution in [0, 0.1) is 13.8 Å². The predicted molar refractivity (Wildman–Crippen MR) is 109 cm³/mol. The number of aryl methyl sites for hydroxylation is 2. The molecule has 0 saturated carbocycles. The van der Waals surface area contributed by atoms with Gasteiger partial charge in [0.2, 0.25) is 0 Å². The van der Waals surface area contributed by atoms with Crippen molar-refractivity contribution >= 4 is 17.2 Å². The second-order valence-corrected chi connectivity index (χ2v) is 6.82. The fourth-order valence-electron chi connectivity index (χ4n) is 3.13. The number of anilines is 1. The van der Waals surface area contributed by atoms with E-state index in [-0.39, 0.29) is 5.91 Å². The Morgan fingerprint density at radius 1 is 1.11 bits per heavy atom. The maximum atomic E-state index is 12.8. The maximum Gasteiger partial charge on any atom is 0.274 e. The summed E-state index contributed by atoms with van der Waals surface area (Å²) < 4.78 is 7.59. The zero-order chi connectivity index (χ0) is 19.2. The van der Waals surface area contributed by atoms with Crippen LogP contribution >= 0.6 is 0 Å². The summed E-state index contributed by atoms with van der Waals surface area (Å²) in [5.74, 6) is 0.657. The highest BCUT2D eigenvalue weighted by atomic mass is 16.5. The molecule has 0 aliphatic heterocycles. The zero-order valence-electron chi connectivity index (χ0n) is 16.3. The van der Waals surface area contributed by atoms with Crippen molar-refractivity contribution in [3.63, 3.8) is 0 Å². The molecule has 2 heterocycles. The van der Waals surface area contributed by atoms with Gasteiger partial charge in [-0.2, -0.15) is 0 Å². The summed E-state index contributed by atoms with van der Waals surface area (Å²) in [6, 6.07) is 11.4. The normalized spacial score (nSPS) is 10.9. The van der Waals surface area contributed by atoms with Gasteiger partial charge in [0.1, 0.15) is 17.1 Å². The lowest BCUT2D eigenvalue weighted by atomic mass is 10.2. The third kappa shape index (κ3) is 4.48. The number of nitrogens with one attached hydrogen (secondary N) is 1. The Bertz CT molecular complexity index is 913. The van der Waals surface area contributed by atoms with Crippen LogP contribution in [0.25, 0.3) is 5.65 Å². The van der Waals surface area contributed by atoms with E-state index in [1.54, 1.807) is 0 Å². The molecule has 27 heavy (non-hydrogen) atoms. The van der Waals surface area contributed by atoms with Crippen LogP contribution in [0.4, 0.5) is 5.69 Å². The molecule has 0 unspecified atom stereocenters. The lowest BCUT2D eigenvalue weighted by Gasteiger charge is -2.09. The number of nitrogens with zero attached hydrogens (tertiary/aromatic N) is 2. The molecule has 0 saturated heterocycles. The first-order valence-corrected chi connectivity index (χ1v) is 9.58. The molecule has 5 heteroatoms. The van der Waals surface area contributed by atoms with Crippen molar-refractivity contribution < 1.29 is 9.53 Å².